The molecule has 0 bridgehead atoms. The Kier molecular flexibility index (Phi) is 13.7. The number of nitrogens with two attached hydrogens (primary N) is 1. The normalized spacial score (nSPS) is 10.8. The number of hydrogen-bond donors (Lipinski definition) is 6. The number of likely N-dealkylation sites (N-methyl/N-ethyl adjacent to an activating group) is 2. The maximum Gasteiger partial charge on any atom is 0.336 e. The van der Waals surface area contributed by atoms with Crippen LogP contribution in [0.3, 0.4) is 0 Å². The van der Waals surface area contributed by atoms with Gasteiger partial charge in [-0.1, -0.05) is 0 Å². The Bertz CT molecular complexity index is 876. The topological polar surface area (TPSA) is 224 Å². The van der Waals surface area contributed by atoms with E-state index >= 15 is 0 Å². The van der Waals surface area contributed by atoms with E-state index in [1.807, 2.05) is 25.9 Å². The third-order valence-electron chi connectivity index (χ3n) is 4.52. The van der Waals surface area contributed by atoms with Gasteiger partial charge in [0.15, 0.2) is 5.60 Å². The lowest BCUT2D eigenvalue weighted by Crippen LogP contribution is -2.42. The van der Waals surface area contributed by atoms with Gasteiger partial charge in [-0.25, -0.2) is 4.79 Å². The van der Waals surface area contributed by atoms with Crippen molar-refractivity contribution in [1.29, 1.82) is 0 Å². The van der Waals surface area contributed by atoms with Crippen molar-refractivity contribution in [2.24, 2.45) is 5.73 Å². The van der Waals surface area contributed by atoms with E-state index in [1.54, 1.807) is 17.0 Å². The number of aliphatic carboxylic acids is 3. The van der Waals surface area contributed by atoms with Gasteiger partial charge in [-0.05, 0) is 33.2 Å². The Morgan fingerprint density at radius 1 is 1.06 bits per heavy atom. The number of amides is 2. The predicted molar refractivity (Wildman–Crippen MR) is 122 cm³/mol. The summed E-state index contributed by atoms with van der Waals surface area (Å²) in [6.45, 7) is 4.85. The monoisotopic (exact) mass is 499 g/mol. The molecule has 7 N–H and O–H groups in total. The summed E-state index contributed by atoms with van der Waals surface area (Å²) in [6.07, 6.45) is -0.752. The molecule has 1 rings (SSSR count). The number of aliphatic hydroxyl groups is 1. The van der Waals surface area contributed by atoms with Gasteiger partial charge in [0, 0.05) is 37.9 Å². The summed E-state index contributed by atoms with van der Waals surface area (Å²) in [7, 11) is 3.96. The van der Waals surface area contributed by atoms with Gasteiger partial charge in [0.05, 0.1) is 25.1 Å². The molecule has 1 heterocycles. The van der Waals surface area contributed by atoms with Crippen molar-refractivity contribution in [2.45, 2.75) is 31.9 Å². The van der Waals surface area contributed by atoms with Crippen molar-refractivity contribution >= 4 is 29.7 Å². The maximum absolute atomic E-state index is 12.1. The number of pyridine rings is 1. The molecule has 0 atom stereocenters. The second-order valence-corrected chi connectivity index (χ2v) is 7.76. The van der Waals surface area contributed by atoms with E-state index in [4.69, 9.17) is 26.2 Å². The van der Waals surface area contributed by atoms with Crippen molar-refractivity contribution in [3.05, 3.63) is 29.6 Å². The van der Waals surface area contributed by atoms with Gasteiger partial charge in [-0.3, -0.25) is 24.2 Å². The van der Waals surface area contributed by atoms with E-state index in [9.17, 15) is 24.0 Å². The number of hydrogen-bond acceptors (Lipinski definition) is 9. The lowest BCUT2D eigenvalue weighted by molar-refractivity contribution is -0.170. The first-order chi connectivity index (χ1) is 16.2. The smallest absolute Gasteiger partial charge is 0.336 e. The van der Waals surface area contributed by atoms with Crippen LogP contribution in [0, 0.1) is 0 Å². The summed E-state index contributed by atoms with van der Waals surface area (Å²) in [5.41, 5.74) is 3.58. The zero-order chi connectivity index (χ0) is 27.2. The molecule has 0 spiro atoms. The molecule has 35 heavy (non-hydrogen) atoms. The molecule has 14 heteroatoms. The minimum Gasteiger partial charge on any atom is -0.481 e. The Hall–Kier alpha value is -3.62. The van der Waals surface area contributed by atoms with Gasteiger partial charge in [0.2, 0.25) is 11.8 Å². The molecule has 1 aromatic heterocycles. The lowest BCUT2D eigenvalue weighted by Gasteiger charge is -2.23. The number of nitrogens with one attached hydrogen (secondary N) is 1. The number of aromatic nitrogens is 1. The number of rotatable bonds is 14. The Morgan fingerprint density at radius 3 is 2.06 bits per heavy atom. The highest BCUT2D eigenvalue weighted by molar-refractivity contribution is 5.92. The molecule has 0 aliphatic carbocycles. The summed E-state index contributed by atoms with van der Waals surface area (Å²) < 4.78 is 0. The van der Waals surface area contributed by atoms with Crippen LogP contribution in [-0.2, 0) is 25.7 Å². The van der Waals surface area contributed by atoms with Crippen LogP contribution in [0.25, 0.3) is 0 Å². The first-order valence-corrected chi connectivity index (χ1v) is 10.5. The van der Waals surface area contributed by atoms with Crippen molar-refractivity contribution < 1.29 is 44.4 Å². The first kappa shape index (κ1) is 31.4. The van der Waals surface area contributed by atoms with Crippen molar-refractivity contribution in [3.63, 3.8) is 0 Å². The number of nitrogens with zero attached hydrogens (tertiary/aromatic N) is 3. The van der Waals surface area contributed by atoms with Crippen LogP contribution < -0.4 is 11.1 Å². The third kappa shape index (κ3) is 13.0. The third-order valence-corrected chi connectivity index (χ3v) is 4.52. The highest BCUT2D eigenvalue weighted by atomic mass is 16.4. The summed E-state index contributed by atoms with van der Waals surface area (Å²) in [5, 5.41) is 36.9. The van der Waals surface area contributed by atoms with Gasteiger partial charge in [0.1, 0.15) is 0 Å². The average Bonchev–Trinajstić information content (AvgIpc) is 2.73. The van der Waals surface area contributed by atoms with Crippen LogP contribution in [0.15, 0.2) is 18.3 Å². The quantitative estimate of drug-likeness (QED) is 0.171. The van der Waals surface area contributed by atoms with Crippen LogP contribution in [-0.4, -0.2) is 111 Å². The number of primary amides is 1. The molecule has 196 valence electrons. The van der Waals surface area contributed by atoms with Crippen molar-refractivity contribution in [2.75, 3.05) is 40.3 Å². The lowest BCUT2D eigenvalue weighted by atomic mass is 9.96. The molecule has 0 aliphatic rings. The van der Waals surface area contributed by atoms with E-state index in [-0.39, 0.29) is 12.5 Å². The highest BCUT2D eigenvalue weighted by Gasteiger charge is 2.40. The Morgan fingerprint density at radius 2 is 1.63 bits per heavy atom. The van der Waals surface area contributed by atoms with Gasteiger partial charge in [-0.15, -0.1) is 0 Å². The van der Waals surface area contributed by atoms with Crippen LogP contribution in [0.1, 0.15) is 35.8 Å². The maximum atomic E-state index is 12.1. The molecule has 0 saturated carbocycles. The number of carbonyl (C=O) groups is 5. The van der Waals surface area contributed by atoms with Crippen molar-refractivity contribution in [3.8, 4) is 0 Å². The summed E-state index contributed by atoms with van der Waals surface area (Å²) in [5.74, 6) is -5.45. The second kappa shape index (κ2) is 15.3. The number of carboxylic acids is 3. The van der Waals surface area contributed by atoms with Crippen molar-refractivity contribution in [1.82, 2.24) is 20.1 Å². The Labute approximate surface area is 202 Å². The Balaban J connectivity index is 0.000000761. The van der Waals surface area contributed by atoms with E-state index < -0.39 is 42.3 Å². The zero-order valence-corrected chi connectivity index (χ0v) is 19.9. The van der Waals surface area contributed by atoms with E-state index in [2.05, 4.69) is 10.3 Å². The molecule has 14 nitrogen and oxygen atoms in total. The van der Waals surface area contributed by atoms with E-state index in [0.717, 1.165) is 6.54 Å². The molecular weight excluding hydrogens is 466 g/mol. The number of carbonyl (C=O) groups excluding carboxylic acids is 2. The fraction of sp³-hybridized carbons (Fsp3) is 0.524. The largest absolute Gasteiger partial charge is 0.481 e. The summed E-state index contributed by atoms with van der Waals surface area (Å²) in [4.78, 5) is 61.7. The molecular formula is C21H33N5O9. The van der Waals surface area contributed by atoms with E-state index in [0.29, 0.717) is 30.9 Å². The van der Waals surface area contributed by atoms with E-state index in [1.165, 1.54) is 6.20 Å². The predicted octanol–water partition coefficient (Wildman–Crippen LogP) is -1.57. The van der Waals surface area contributed by atoms with Gasteiger partial charge in [-0.2, -0.15) is 0 Å². The van der Waals surface area contributed by atoms with Gasteiger partial charge < -0.3 is 41.3 Å². The molecule has 1 aromatic rings. The molecule has 0 saturated heterocycles. The fourth-order valence-electron chi connectivity index (χ4n) is 2.63. The van der Waals surface area contributed by atoms with Crippen LogP contribution in [0.2, 0.25) is 0 Å². The molecule has 0 fully saturated rings. The minimum atomic E-state index is -2.74. The zero-order valence-electron chi connectivity index (χ0n) is 19.9. The van der Waals surface area contributed by atoms with Gasteiger partial charge in [0.25, 0.3) is 0 Å². The summed E-state index contributed by atoms with van der Waals surface area (Å²) in [6, 6.07) is 3.19. The van der Waals surface area contributed by atoms with Crippen LogP contribution >= 0.6 is 0 Å². The molecule has 0 radical (unpaired) electrons. The second-order valence-electron chi connectivity index (χ2n) is 7.76. The number of carboxylic acid groups (broad SMARTS) is 3. The molecule has 2 amide bonds. The van der Waals surface area contributed by atoms with Gasteiger partial charge >= 0.3 is 17.9 Å². The first-order valence-electron chi connectivity index (χ1n) is 10.5. The fourth-order valence-corrected chi connectivity index (χ4v) is 2.63. The molecule has 0 aromatic carbocycles. The van der Waals surface area contributed by atoms with Crippen LogP contribution in [0.5, 0.6) is 0 Å². The molecule has 0 aliphatic heterocycles. The standard InChI is InChI=1S/C15H25N5O2.C6H8O7/c1-4-20(8-7-19(2)3)14(21)11-17-10-13-9-12(15(16)22)5-6-18-13;7-3(8)1-6(13,5(11)12)2-4(9)10/h5-6,9,17H,4,7-8,10-11H2,1-3H3,(H2,16,22);13H,1-2H2,(H,7,8)(H,9,10)(H,11,12). The summed E-state index contributed by atoms with van der Waals surface area (Å²) >= 11 is 0. The minimum absolute atomic E-state index is 0.0513. The highest BCUT2D eigenvalue weighted by Crippen LogP contribution is 2.15. The SMILES string of the molecule is CCN(CCN(C)C)C(=O)CNCc1cc(C(N)=O)ccn1.O=C(O)CC(O)(CC(=O)O)C(=O)O. The van der Waals surface area contributed by atoms with Crippen LogP contribution in [0.4, 0.5) is 0 Å². The molecule has 0 unspecified atom stereocenters. The average molecular weight is 500 g/mol.